The average molecular weight is 500 g/mol. The van der Waals surface area contributed by atoms with E-state index in [2.05, 4.69) is 22.4 Å². The Morgan fingerprint density at radius 1 is 1.14 bits per heavy atom. The molecular formula is C25H30FN5O3S. The summed E-state index contributed by atoms with van der Waals surface area (Å²) in [7, 11) is 0. The van der Waals surface area contributed by atoms with Crippen LogP contribution in [0.25, 0.3) is 5.69 Å². The molecule has 0 aliphatic heterocycles. The second-order valence-corrected chi connectivity index (χ2v) is 9.29. The fourth-order valence-electron chi connectivity index (χ4n) is 3.72. The zero-order valence-corrected chi connectivity index (χ0v) is 20.9. The number of non-ortho nitro benzene ring substituents is 1. The van der Waals surface area contributed by atoms with Crippen LogP contribution in [-0.4, -0.2) is 25.6 Å². The highest BCUT2D eigenvalue weighted by molar-refractivity contribution is 7.98. The summed E-state index contributed by atoms with van der Waals surface area (Å²) in [5.74, 6) is 0.664. The number of amides is 1. The zero-order chi connectivity index (χ0) is 25.4. The topological polar surface area (TPSA) is 103 Å². The highest BCUT2D eigenvalue weighted by Gasteiger charge is 2.24. The van der Waals surface area contributed by atoms with Crippen molar-refractivity contribution in [2.75, 3.05) is 0 Å². The van der Waals surface area contributed by atoms with E-state index in [1.54, 1.807) is 28.8 Å². The van der Waals surface area contributed by atoms with Gasteiger partial charge in [0.2, 0.25) is 5.91 Å². The number of nitro benzene ring substituents is 1. The van der Waals surface area contributed by atoms with Gasteiger partial charge in [0.15, 0.2) is 11.0 Å². The Kier molecular flexibility index (Phi) is 9.36. The minimum absolute atomic E-state index is 0.0211. The maximum Gasteiger partial charge on any atom is 0.269 e. The number of halogens is 1. The minimum Gasteiger partial charge on any atom is -0.346 e. The molecule has 10 heteroatoms. The van der Waals surface area contributed by atoms with Crippen LogP contribution in [0.3, 0.4) is 0 Å². The number of unbranched alkanes of at least 4 members (excludes halogenated alkanes) is 1. The summed E-state index contributed by atoms with van der Waals surface area (Å²) < 4.78 is 15.1. The Bertz CT molecular complexity index is 1140. The van der Waals surface area contributed by atoms with Crippen molar-refractivity contribution in [3.63, 3.8) is 0 Å². The van der Waals surface area contributed by atoms with E-state index in [9.17, 15) is 19.3 Å². The van der Waals surface area contributed by atoms with Gasteiger partial charge in [-0.15, -0.1) is 10.2 Å². The van der Waals surface area contributed by atoms with E-state index in [-0.39, 0.29) is 23.3 Å². The normalized spacial score (nSPS) is 12.8. The molecule has 0 spiro atoms. The van der Waals surface area contributed by atoms with Crippen LogP contribution in [-0.2, 0) is 10.5 Å². The number of carbonyl (C=O) groups excluding carboxylic acids is 1. The monoisotopic (exact) mass is 499 g/mol. The lowest BCUT2D eigenvalue weighted by molar-refractivity contribution is -0.384. The fourth-order valence-corrected chi connectivity index (χ4v) is 4.63. The largest absolute Gasteiger partial charge is 0.346 e. The van der Waals surface area contributed by atoms with Gasteiger partial charge in [-0.1, -0.05) is 50.6 Å². The average Bonchev–Trinajstić information content (AvgIpc) is 3.28. The van der Waals surface area contributed by atoms with Gasteiger partial charge in [0, 0.05) is 29.5 Å². The predicted molar refractivity (Wildman–Crippen MR) is 134 cm³/mol. The Labute approximate surface area is 208 Å². The molecule has 0 fully saturated rings. The van der Waals surface area contributed by atoms with Crippen molar-refractivity contribution in [2.45, 2.75) is 63.4 Å². The molecule has 35 heavy (non-hydrogen) atoms. The third-order valence-electron chi connectivity index (χ3n) is 5.77. The van der Waals surface area contributed by atoms with Crippen LogP contribution in [0, 0.1) is 21.8 Å². The van der Waals surface area contributed by atoms with Gasteiger partial charge in [0.25, 0.3) is 5.69 Å². The molecule has 2 unspecified atom stereocenters. The molecule has 0 radical (unpaired) electrons. The number of nitro groups is 1. The van der Waals surface area contributed by atoms with E-state index in [4.69, 9.17) is 0 Å². The summed E-state index contributed by atoms with van der Waals surface area (Å²) in [4.78, 5) is 23.6. The van der Waals surface area contributed by atoms with Crippen LogP contribution in [0.5, 0.6) is 0 Å². The molecule has 8 nitrogen and oxygen atoms in total. The number of hydrogen-bond donors (Lipinski definition) is 1. The van der Waals surface area contributed by atoms with Crippen molar-refractivity contribution < 1.29 is 14.1 Å². The summed E-state index contributed by atoms with van der Waals surface area (Å²) >= 11 is 1.41. The van der Waals surface area contributed by atoms with Gasteiger partial charge in [0.1, 0.15) is 5.82 Å². The van der Waals surface area contributed by atoms with E-state index >= 15 is 0 Å². The Balaban J connectivity index is 1.89. The van der Waals surface area contributed by atoms with E-state index in [0.717, 1.165) is 31.2 Å². The maximum absolute atomic E-state index is 13.3. The van der Waals surface area contributed by atoms with Crippen molar-refractivity contribution in [1.29, 1.82) is 0 Å². The highest BCUT2D eigenvalue weighted by Crippen LogP contribution is 2.29. The number of hydrogen-bond acceptors (Lipinski definition) is 6. The minimum atomic E-state index is -0.453. The van der Waals surface area contributed by atoms with Gasteiger partial charge < -0.3 is 5.32 Å². The first kappa shape index (κ1) is 26.3. The lowest BCUT2D eigenvalue weighted by Gasteiger charge is -2.20. The fraction of sp³-hybridized carbons (Fsp3) is 0.400. The van der Waals surface area contributed by atoms with E-state index in [1.807, 2.05) is 13.8 Å². The Morgan fingerprint density at radius 2 is 1.83 bits per heavy atom. The molecule has 1 heterocycles. The summed E-state index contributed by atoms with van der Waals surface area (Å²) in [5, 5.41) is 23.4. The van der Waals surface area contributed by atoms with Gasteiger partial charge in [-0.3, -0.25) is 19.5 Å². The summed E-state index contributed by atoms with van der Waals surface area (Å²) in [6, 6.07) is 11.9. The van der Waals surface area contributed by atoms with Gasteiger partial charge in [-0.05, 0) is 49.6 Å². The van der Waals surface area contributed by atoms with E-state index in [0.29, 0.717) is 22.4 Å². The van der Waals surface area contributed by atoms with Gasteiger partial charge in [-0.25, -0.2) is 4.39 Å². The second kappa shape index (κ2) is 12.4. The van der Waals surface area contributed by atoms with Crippen molar-refractivity contribution in [1.82, 2.24) is 20.1 Å². The molecular weight excluding hydrogens is 469 g/mol. The van der Waals surface area contributed by atoms with Crippen molar-refractivity contribution in [3.8, 4) is 5.69 Å². The number of nitrogens with one attached hydrogen (secondary N) is 1. The molecule has 1 aromatic heterocycles. The lowest BCUT2D eigenvalue weighted by Crippen LogP contribution is -2.33. The second-order valence-electron chi connectivity index (χ2n) is 8.34. The predicted octanol–water partition coefficient (Wildman–Crippen LogP) is 6.00. The van der Waals surface area contributed by atoms with Gasteiger partial charge in [0.05, 0.1) is 11.0 Å². The summed E-state index contributed by atoms with van der Waals surface area (Å²) in [5.41, 5.74) is 1.54. The van der Waals surface area contributed by atoms with Crippen molar-refractivity contribution in [2.24, 2.45) is 5.92 Å². The number of thioether (sulfide) groups is 1. The first-order chi connectivity index (χ1) is 16.8. The summed E-state index contributed by atoms with van der Waals surface area (Å²) in [6.07, 6.45) is 3.61. The van der Waals surface area contributed by atoms with Crippen LogP contribution in [0.15, 0.2) is 53.7 Å². The highest BCUT2D eigenvalue weighted by atomic mass is 32.2. The Hall–Kier alpha value is -3.27. The van der Waals surface area contributed by atoms with Crippen LogP contribution < -0.4 is 5.32 Å². The van der Waals surface area contributed by atoms with Gasteiger partial charge >= 0.3 is 0 Å². The first-order valence-corrected chi connectivity index (χ1v) is 12.7. The number of aromatic nitrogens is 3. The number of carbonyl (C=O) groups is 1. The molecule has 2 atom stereocenters. The summed E-state index contributed by atoms with van der Waals surface area (Å²) in [6.45, 7) is 5.96. The van der Waals surface area contributed by atoms with E-state index < -0.39 is 11.0 Å². The van der Waals surface area contributed by atoms with Crippen LogP contribution in [0.4, 0.5) is 10.1 Å². The molecule has 0 aliphatic carbocycles. The first-order valence-electron chi connectivity index (χ1n) is 11.7. The quantitative estimate of drug-likeness (QED) is 0.186. The number of benzene rings is 2. The molecule has 2 aromatic carbocycles. The Morgan fingerprint density at radius 3 is 2.43 bits per heavy atom. The van der Waals surface area contributed by atoms with Crippen LogP contribution >= 0.6 is 11.8 Å². The molecule has 1 N–H and O–H groups in total. The molecule has 1 amide bonds. The van der Waals surface area contributed by atoms with Crippen molar-refractivity contribution >= 4 is 23.4 Å². The molecule has 0 saturated heterocycles. The zero-order valence-electron chi connectivity index (χ0n) is 20.1. The molecule has 0 saturated carbocycles. The number of rotatable bonds is 12. The standard InChI is InChI=1S/C25H30FN5O3S/c1-4-6-7-19(5-2)24(32)27-17(3)23-28-29-25(35-16-18-8-10-20(26)11-9-18)30(23)21-12-14-22(15-13-21)31(33)34/h8-15,17,19H,4-7,16H2,1-3H3,(H,27,32). The molecule has 0 bridgehead atoms. The molecule has 0 aliphatic rings. The van der Waals surface area contributed by atoms with Crippen LogP contribution in [0.2, 0.25) is 0 Å². The third-order valence-corrected chi connectivity index (χ3v) is 6.77. The van der Waals surface area contributed by atoms with E-state index in [1.165, 1.54) is 36.0 Å². The van der Waals surface area contributed by atoms with Gasteiger partial charge in [-0.2, -0.15) is 0 Å². The maximum atomic E-state index is 13.3. The van der Waals surface area contributed by atoms with Crippen LogP contribution in [0.1, 0.15) is 63.9 Å². The van der Waals surface area contributed by atoms with Crippen molar-refractivity contribution in [3.05, 3.63) is 75.9 Å². The third kappa shape index (κ3) is 6.88. The SMILES string of the molecule is CCCCC(CC)C(=O)NC(C)c1nnc(SCc2ccc(F)cc2)n1-c1ccc([N+](=O)[O-])cc1. The molecule has 3 aromatic rings. The molecule has 186 valence electrons. The number of nitrogens with zero attached hydrogens (tertiary/aromatic N) is 4. The smallest absolute Gasteiger partial charge is 0.269 e. The molecule has 3 rings (SSSR count). The lowest BCUT2D eigenvalue weighted by atomic mass is 9.98.